The van der Waals surface area contributed by atoms with Gasteiger partial charge < -0.3 is 5.73 Å². The molecule has 2 N–H and O–H groups in total. The van der Waals surface area contributed by atoms with Crippen molar-refractivity contribution >= 4 is 11.8 Å². The summed E-state index contributed by atoms with van der Waals surface area (Å²) in [6.07, 6.45) is 3.92. The summed E-state index contributed by atoms with van der Waals surface area (Å²) in [5, 5.41) is 0. The highest BCUT2D eigenvalue weighted by Gasteiger charge is 2.48. The molecule has 0 bridgehead atoms. The maximum atomic E-state index is 12.2. The highest BCUT2D eigenvalue weighted by molar-refractivity contribution is 6.05. The van der Waals surface area contributed by atoms with E-state index >= 15 is 0 Å². The third kappa shape index (κ3) is 2.23. The second-order valence-corrected chi connectivity index (χ2v) is 6.13. The maximum Gasteiger partial charge on any atom is 0.233 e. The lowest BCUT2D eigenvalue weighted by Gasteiger charge is -2.27. The van der Waals surface area contributed by atoms with Crippen molar-refractivity contribution in [2.45, 2.75) is 39.5 Å². The molecule has 0 spiro atoms. The van der Waals surface area contributed by atoms with E-state index in [-0.39, 0.29) is 29.1 Å². The Morgan fingerprint density at radius 1 is 1.18 bits per heavy atom. The standard InChI is InChI=1S/C13H22N2O2/c1-13(2,7-14)8-15-11(16)9-5-3-4-6-10(9)12(15)17/h9-10H,3-8,14H2,1-2H3. The number of nitrogens with zero attached hydrogens (tertiary/aromatic N) is 1. The molecular weight excluding hydrogens is 216 g/mol. The van der Waals surface area contributed by atoms with Crippen LogP contribution in [0.15, 0.2) is 0 Å². The molecule has 0 aromatic rings. The van der Waals surface area contributed by atoms with Crippen molar-refractivity contribution < 1.29 is 9.59 Å². The van der Waals surface area contributed by atoms with Gasteiger partial charge in [0.05, 0.1) is 11.8 Å². The van der Waals surface area contributed by atoms with Gasteiger partial charge in [-0.2, -0.15) is 0 Å². The fraction of sp³-hybridized carbons (Fsp3) is 0.846. The van der Waals surface area contributed by atoms with Crippen LogP contribution in [0.3, 0.4) is 0 Å². The summed E-state index contributed by atoms with van der Waals surface area (Å²) in [7, 11) is 0. The lowest BCUT2D eigenvalue weighted by molar-refractivity contribution is -0.141. The fourth-order valence-corrected chi connectivity index (χ4v) is 2.88. The fourth-order valence-electron chi connectivity index (χ4n) is 2.88. The number of likely N-dealkylation sites (tertiary alicyclic amines) is 1. The van der Waals surface area contributed by atoms with Crippen molar-refractivity contribution in [1.82, 2.24) is 4.90 Å². The Balaban J connectivity index is 2.13. The predicted octanol–water partition coefficient (Wildman–Crippen LogP) is 1.15. The van der Waals surface area contributed by atoms with E-state index in [1.54, 1.807) is 0 Å². The molecule has 1 aliphatic carbocycles. The molecule has 1 saturated heterocycles. The Morgan fingerprint density at radius 2 is 1.65 bits per heavy atom. The van der Waals surface area contributed by atoms with Gasteiger partial charge in [-0.15, -0.1) is 0 Å². The Labute approximate surface area is 103 Å². The van der Waals surface area contributed by atoms with E-state index in [4.69, 9.17) is 5.73 Å². The van der Waals surface area contributed by atoms with Gasteiger partial charge in [-0.05, 0) is 24.8 Å². The maximum absolute atomic E-state index is 12.2. The molecular formula is C13H22N2O2. The van der Waals surface area contributed by atoms with Crippen molar-refractivity contribution in [2.75, 3.05) is 13.1 Å². The van der Waals surface area contributed by atoms with Crippen molar-refractivity contribution in [3.63, 3.8) is 0 Å². The summed E-state index contributed by atoms with van der Waals surface area (Å²) in [5.41, 5.74) is 5.49. The zero-order chi connectivity index (χ0) is 12.6. The van der Waals surface area contributed by atoms with Crippen LogP contribution in [-0.4, -0.2) is 29.8 Å². The minimum atomic E-state index is -0.182. The zero-order valence-corrected chi connectivity index (χ0v) is 10.7. The second kappa shape index (κ2) is 4.41. The van der Waals surface area contributed by atoms with Crippen LogP contribution >= 0.6 is 0 Å². The largest absolute Gasteiger partial charge is 0.330 e. The lowest BCUT2D eigenvalue weighted by atomic mass is 9.81. The van der Waals surface area contributed by atoms with Crippen LogP contribution in [0.1, 0.15) is 39.5 Å². The highest BCUT2D eigenvalue weighted by Crippen LogP contribution is 2.38. The smallest absolute Gasteiger partial charge is 0.233 e. The molecule has 4 heteroatoms. The first-order chi connectivity index (χ1) is 7.96. The van der Waals surface area contributed by atoms with Crippen molar-refractivity contribution in [1.29, 1.82) is 0 Å². The van der Waals surface area contributed by atoms with E-state index in [1.807, 2.05) is 13.8 Å². The average Bonchev–Trinajstić information content (AvgIpc) is 2.55. The predicted molar refractivity (Wildman–Crippen MR) is 65.0 cm³/mol. The number of rotatable bonds is 3. The molecule has 2 aliphatic rings. The summed E-state index contributed by atoms with van der Waals surface area (Å²) in [6.45, 7) is 4.94. The van der Waals surface area contributed by atoms with Gasteiger partial charge in [0.15, 0.2) is 0 Å². The molecule has 1 saturated carbocycles. The van der Waals surface area contributed by atoms with Gasteiger partial charge in [0.25, 0.3) is 0 Å². The SMILES string of the molecule is CC(C)(CN)CN1C(=O)C2CCCCC2C1=O. The molecule has 17 heavy (non-hydrogen) atoms. The summed E-state index contributed by atoms with van der Waals surface area (Å²) in [6, 6.07) is 0. The zero-order valence-electron chi connectivity index (χ0n) is 10.7. The van der Waals surface area contributed by atoms with E-state index in [1.165, 1.54) is 4.90 Å². The molecule has 2 unspecified atom stereocenters. The van der Waals surface area contributed by atoms with Crippen LogP contribution in [0, 0.1) is 17.3 Å². The summed E-state index contributed by atoms with van der Waals surface area (Å²) >= 11 is 0. The average molecular weight is 238 g/mol. The molecule has 0 aromatic heterocycles. The van der Waals surface area contributed by atoms with Crippen molar-refractivity contribution in [3.05, 3.63) is 0 Å². The summed E-state index contributed by atoms with van der Waals surface area (Å²) < 4.78 is 0. The minimum absolute atomic E-state index is 0.0372. The molecule has 2 fully saturated rings. The molecule has 1 aliphatic heterocycles. The van der Waals surface area contributed by atoms with Gasteiger partial charge in [-0.25, -0.2) is 0 Å². The van der Waals surface area contributed by atoms with Crippen molar-refractivity contribution in [3.8, 4) is 0 Å². The van der Waals surface area contributed by atoms with E-state index in [2.05, 4.69) is 0 Å². The van der Waals surface area contributed by atoms with Crippen LogP contribution in [0.2, 0.25) is 0 Å². The number of imide groups is 1. The van der Waals surface area contributed by atoms with Gasteiger partial charge in [0, 0.05) is 6.54 Å². The number of hydrogen-bond acceptors (Lipinski definition) is 3. The highest BCUT2D eigenvalue weighted by atomic mass is 16.2. The number of hydrogen-bond donors (Lipinski definition) is 1. The summed E-state index contributed by atoms with van der Waals surface area (Å²) in [4.78, 5) is 25.9. The number of fused-ring (bicyclic) bond motifs is 1. The monoisotopic (exact) mass is 238 g/mol. The van der Waals surface area contributed by atoms with Gasteiger partial charge in [0.1, 0.15) is 0 Å². The number of nitrogens with two attached hydrogens (primary N) is 1. The molecule has 2 atom stereocenters. The molecule has 4 nitrogen and oxygen atoms in total. The molecule has 96 valence electrons. The van der Waals surface area contributed by atoms with Gasteiger partial charge in [0.2, 0.25) is 11.8 Å². The number of carbonyl (C=O) groups is 2. The molecule has 2 rings (SSSR count). The number of amides is 2. The van der Waals surface area contributed by atoms with Crippen LogP contribution in [0.4, 0.5) is 0 Å². The Hall–Kier alpha value is -0.900. The van der Waals surface area contributed by atoms with E-state index in [0.29, 0.717) is 13.1 Å². The van der Waals surface area contributed by atoms with Gasteiger partial charge in [-0.3, -0.25) is 14.5 Å². The molecule has 2 amide bonds. The Bertz CT molecular complexity index is 314. The molecule has 0 aromatic carbocycles. The Kier molecular flexibility index (Phi) is 3.25. The third-order valence-electron chi connectivity index (χ3n) is 4.07. The lowest BCUT2D eigenvalue weighted by Crippen LogP contribution is -2.42. The van der Waals surface area contributed by atoms with Gasteiger partial charge in [-0.1, -0.05) is 26.7 Å². The number of carbonyl (C=O) groups excluding carboxylic acids is 2. The third-order valence-corrected chi connectivity index (χ3v) is 4.07. The van der Waals surface area contributed by atoms with Crippen LogP contribution in [0.5, 0.6) is 0 Å². The first kappa shape index (κ1) is 12.6. The van der Waals surface area contributed by atoms with Crippen molar-refractivity contribution in [2.24, 2.45) is 23.0 Å². The molecule has 1 heterocycles. The van der Waals surface area contributed by atoms with Gasteiger partial charge >= 0.3 is 0 Å². The second-order valence-electron chi connectivity index (χ2n) is 6.13. The van der Waals surface area contributed by atoms with Crippen LogP contribution in [0.25, 0.3) is 0 Å². The van der Waals surface area contributed by atoms with E-state index < -0.39 is 0 Å². The summed E-state index contributed by atoms with van der Waals surface area (Å²) in [5.74, 6) is 0.0112. The van der Waals surface area contributed by atoms with E-state index in [9.17, 15) is 9.59 Å². The van der Waals surface area contributed by atoms with Crippen LogP contribution in [-0.2, 0) is 9.59 Å². The normalized spacial score (nSPS) is 29.7. The minimum Gasteiger partial charge on any atom is -0.330 e. The first-order valence-corrected chi connectivity index (χ1v) is 6.51. The van der Waals surface area contributed by atoms with E-state index in [0.717, 1.165) is 25.7 Å². The Morgan fingerprint density at radius 3 is 2.06 bits per heavy atom. The van der Waals surface area contributed by atoms with Crippen LogP contribution < -0.4 is 5.73 Å². The quantitative estimate of drug-likeness (QED) is 0.750. The molecule has 0 radical (unpaired) electrons. The first-order valence-electron chi connectivity index (χ1n) is 6.51. The topological polar surface area (TPSA) is 63.4 Å².